The van der Waals surface area contributed by atoms with E-state index < -0.39 is 5.97 Å². The molecule has 28 heavy (non-hydrogen) atoms. The van der Waals surface area contributed by atoms with Gasteiger partial charge in [0.15, 0.2) is 6.61 Å². The monoisotopic (exact) mass is 396 g/mol. The number of amides is 1. The van der Waals surface area contributed by atoms with E-state index in [0.717, 1.165) is 21.0 Å². The lowest BCUT2D eigenvalue weighted by Gasteiger charge is -2.25. The Morgan fingerprint density at radius 1 is 1.11 bits per heavy atom. The fraction of sp³-hybridized carbons (Fsp3) is 0.273. The second-order valence-electron chi connectivity index (χ2n) is 6.72. The summed E-state index contributed by atoms with van der Waals surface area (Å²) < 4.78 is 7.29. The third-order valence-electron chi connectivity index (χ3n) is 4.99. The summed E-state index contributed by atoms with van der Waals surface area (Å²) in [4.78, 5) is 28.0. The van der Waals surface area contributed by atoms with Crippen LogP contribution < -0.4 is 0 Å². The van der Waals surface area contributed by atoms with Crippen LogP contribution in [0, 0.1) is 13.8 Å². The molecule has 0 radical (unpaired) electrons. The maximum atomic E-state index is 12.8. The molecule has 6 heteroatoms. The van der Waals surface area contributed by atoms with Gasteiger partial charge in [-0.2, -0.15) is 0 Å². The Morgan fingerprint density at radius 3 is 2.39 bits per heavy atom. The minimum absolute atomic E-state index is 0.104. The van der Waals surface area contributed by atoms with E-state index in [1.165, 1.54) is 11.3 Å². The van der Waals surface area contributed by atoms with Crippen LogP contribution in [-0.4, -0.2) is 35.0 Å². The molecule has 3 rings (SSSR count). The first-order valence-corrected chi connectivity index (χ1v) is 9.93. The Balaban J connectivity index is 1.70. The molecule has 0 N–H and O–H groups in total. The van der Waals surface area contributed by atoms with Crippen LogP contribution in [0.4, 0.5) is 0 Å². The number of rotatable bonds is 6. The molecule has 1 atom stereocenters. The number of aromatic nitrogens is 1. The van der Waals surface area contributed by atoms with Gasteiger partial charge < -0.3 is 14.2 Å². The summed E-state index contributed by atoms with van der Waals surface area (Å²) in [5.74, 6) is -0.712. The van der Waals surface area contributed by atoms with Crippen LogP contribution in [0.25, 0.3) is 5.00 Å². The van der Waals surface area contributed by atoms with Crippen molar-refractivity contribution in [3.05, 3.63) is 76.4 Å². The number of hydrogen-bond acceptors (Lipinski definition) is 4. The third-order valence-corrected chi connectivity index (χ3v) is 6.21. The molecule has 0 saturated carbocycles. The highest BCUT2D eigenvalue weighted by Gasteiger charge is 2.24. The number of esters is 1. The molecule has 0 aliphatic carbocycles. The van der Waals surface area contributed by atoms with E-state index in [1.54, 1.807) is 11.9 Å². The average molecular weight is 397 g/mol. The molecule has 0 fully saturated rings. The molecule has 0 aliphatic rings. The zero-order valence-electron chi connectivity index (χ0n) is 16.5. The van der Waals surface area contributed by atoms with E-state index in [4.69, 9.17) is 4.74 Å². The van der Waals surface area contributed by atoms with Crippen molar-refractivity contribution in [2.45, 2.75) is 26.8 Å². The second-order valence-corrected chi connectivity index (χ2v) is 7.92. The third kappa shape index (κ3) is 4.02. The van der Waals surface area contributed by atoms with Crippen LogP contribution in [0.5, 0.6) is 0 Å². The molecule has 1 unspecified atom stereocenters. The zero-order chi connectivity index (χ0) is 20.3. The van der Waals surface area contributed by atoms with E-state index in [2.05, 4.69) is 0 Å². The first-order chi connectivity index (χ1) is 13.4. The van der Waals surface area contributed by atoms with Gasteiger partial charge in [-0.3, -0.25) is 4.79 Å². The van der Waals surface area contributed by atoms with E-state index in [-0.39, 0.29) is 18.6 Å². The van der Waals surface area contributed by atoms with E-state index in [1.807, 2.05) is 80.2 Å². The summed E-state index contributed by atoms with van der Waals surface area (Å²) in [7, 11) is 1.72. The van der Waals surface area contributed by atoms with Crippen LogP contribution in [0.3, 0.4) is 0 Å². The highest BCUT2D eigenvalue weighted by molar-refractivity contribution is 7.15. The smallest absolute Gasteiger partial charge is 0.341 e. The van der Waals surface area contributed by atoms with Crippen LogP contribution in [0.1, 0.15) is 39.3 Å². The van der Waals surface area contributed by atoms with Crippen molar-refractivity contribution in [3.63, 3.8) is 0 Å². The molecule has 0 saturated heterocycles. The van der Waals surface area contributed by atoms with Crippen molar-refractivity contribution in [2.75, 3.05) is 13.7 Å². The molecular formula is C22H24N2O3S. The lowest BCUT2D eigenvalue weighted by molar-refractivity contribution is -0.135. The molecule has 0 aliphatic heterocycles. The normalized spacial score (nSPS) is 11.9. The van der Waals surface area contributed by atoms with Gasteiger partial charge in [0.05, 0.1) is 11.6 Å². The van der Waals surface area contributed by atoms with Crippen LogP contribution in [0.15, 0.2) is 54.9 Å². The van der Waals surface area contributed by atoms with Gasteiger partial charge in [0, 0.05) is 24.3 Å². The summed E-state index contributed by atoms with van der Waals surface area (Å²) in [6, 6.07) is 13.5. The highest BCUT2D eigenvalue weighted by atomic mass is 32.1. The number of carbonyl (C=O) groups is 2. The summed E-state index contributed by atoms with van der Waals surface area (Å²) >= 11 is 1.54. The second kappa shape index (κ2) is 8.44. The van der Waals surface area contributed by atoms with Gasteiger partial charge in [0.1, 0.15) is 5.00 Å². The number of nitrogens with zero attached hydrogens (tertiary/aromatic N) is 2. The maximum Gasteiger partial charge on any atom is 0.341 e. The van der Waals surface area contributed by atoms with Gasteiger partial charge in [-0.05, 0) is 44.0 Å². The Labute approximate surface area is 169 Å². The molecule has 0 spiro atoms. The molecule has 5 nitrogen and oxygen atoms in total. The van der Waals surface area contributed by atoms with Gasteiger partial charge in [0.25, 0.3) is 5.91 Å². The molecule has 2 heterocycles. The number of aryl methyl sites for hydroxylation is 1. The zero-order valence-corrected chi connectivity index (χ0v) is 17.3. The number of ether oxygens (including phenoxy) is 1. The summed E-state index contributed by atoms with van der Waals surface area (Å²) in [6.07, 6.45) is 3.78. The fourth-order valence-electron chi connectivity index (χ4n) is 2.97. The minimum Gasteiger partial charge on any atom is -0.452 e. The number of likely N-dealkylation sites (N-methyl/N-ethyl adjacent to an activating group) is 1. The largest absolute Gasteiger partial charge is 0.452 e. The molecule has 3 aromatic rings. The summed E-state index contributed by atoms with van der Waals surface area (Å²) in [5, 5.41) is 0.809. The van der Waals surface area contributed by atoms with Crippen molar-refractivity contribution in [3.8, 4) is 5.00 Å². The predicted molar refractivity (Wildman–Crippen MR) is 111 cm³/mol. The van der Waals surface area contributed by atoms with E-state index in [9.17, 15) is 9.59 Å². The van der Waals surface area contributed by atoms with Gasteiger partial charge in [-0.25, -0.2) is 4.79 Å². The van der Waals surface area contributed by atoms with Gasteiger partial charge in [0.2, 0.25) is 0 Å². The topological polar surface area (TPSA) is 51.5 Å². The van der Waals surface area contributed by atoms with Gasteiger partial charge in [-0.1, -0.05) is 30.3 Å². The van der Waals surface area contributed by atoms with Crippen molar-refractivity contribution in [2.24, 2.45) is 0 Å². The van der Waals surface area contributed by atoms with Crippen molar-refractivity contribution in [1.29, 1.82) is 0 Å². The van der Waals surface area contributed by atoms with Crippen LogP contribution >= 0.6 is 11.3 Å². The Kier molecular flexibility index (Phi) is 5.99. The predicted octanol–water partition coefficient (Wildman–Crippen LogP) is 4.53. The molecule has 146 valence electrons. The summed E-state index contributed by atoms with van der Waals surface area (Å²) in [6.45, 7) is 5.54. The fourth-order valence-corrected chi connectivity index (χ4v) is 4.08. The van der Waals surface area contributed by atoms with Crippen molar-refractivity contribution >= 4 is 23.2 Å². The highest BCUT2D eigenvalue weighted by Crippen LogP contribution is 2.31. The quantitative estimate of drug-likeness (QED) is 0.575. The van der Waals surface area contributed by atoms with Crippen LogP contribution in [0.2, 0.25) is 0 Å². The molecule has 0 bridgehead atoms. The Bertz CT molecular complexity index is 961. The lowest BCUT2D eigenvalue weighted by atomic mass is 10.1. The lowest BCUT2D eigenvalue weighted by Crippen LogP contribution is -2.33. The van der Waals surface area contributed by atoms with Gasteiger partial charge in [-0.15, -0.1) is 11.3 Å². The first kappa shape index (κ1) is 19.9. The van der Waals surface area contributed by atoms with Crippen LogP contribution in [-0.2, 0) is 9.53 Å². The SMILES string of the molecule is Cc1sc(-n2cccc2)c(C(=O)OCC(=O)N(C)C(C)c2ccccc2)c1C. The van der Waals surface area contributed by atoms with Crippen molar-refractivity contribution < 1.29 is 14.3 Å². The number of thiophene rings is 1. The number of benzene rings is 1. The number of hydrogen-bond donors (Lipinski definition) is 0. The first-order valence-electron chi connectivity index (χ1n) is 9.11. The standard InChI is InChI=1S/C22H24N2O3S/c1-15-17(3)28-21(24-12-8-9-13-24)20(15)22(26)27-14-19(25)23(4)16(2)18-10-6-5-7-11-18/h5-13,16H,14H2,1-4H3. The average Bonchev–Trinajstić information content (AvgIpc) is 3.34. The molecule has 2 aromatic heterocycles. The van der Waals surface area contributed by atoms with Gasteiger partial charge >= 0.3 is 5.97 Å². The van der Waals surface area contributed by atoms with Crippen molar-refractivity contribution in [1.82, 2.24) is 9.47 Å². The summed E-state index contributed by atoms with van der Waals surface area (Å²) in [5.41, 5.74) is 2.44. The Hall–Kier alpha value is -2.86. The van der Waals surface area contributed by atoms with E-state index >= 15 is 0 Å². The Morgan fingerprint density at radius 2 is 1.75 bits per heavy atom. The molecular weight excluding hydrogens is 372 g/mol. The molecule has 1 aromatic carbocycles. The number of carbonyl (C=O) groups excluding carboxylic acids is 2. The molecule has 1 amide bonds. The minimum atomic E-state index is -0.473. The maximum absolute atomic E-state index is 12.8. The van der Waals surface area contributed by atoms with E-state index in [0.29, 0.717) is 5.56 Å².